The molecule has 7 nitrogen and oxygen atoms in total. The molecular weight excluding hydrogens is 369 g/mol. The number of aryl methyl sites for hydroxylation is 1. The average Bonchev–Trinajstić information content (AvgIpc) is 3.03. The number of fused-ring (bicyclic) bond motifs is 1. The third-order valence-corrected chi connectivity index (χ3v) is 3.94. The van der Waals surface area contributed by atoms with Crippen LogP contribution in [0.25, 0.3) is 11.0 Å². The van der Waals surface area contributed by atoms with Crippen LogP contribution in [-0.2, 0) is 6.42 Å². The summed E-state index contributed by atoms with van der Waals surface area (Å²) in [6, 6.07) is 1.77. The minimum absolute atomic E-state index is 0.194. The zero-order valence-electron chi connectivity index (χ0n) is 13.3. The number of ether oxygens (including phenoxy) is 2. The van der Waals surface area contributed by atoms with Crippen LogP contribution >= 0.6 is 23.2 Å². The third-order valence-electron chi connectivity index (χ3n) is 3.37. The summed E-state index contributed by atoms with van der Waals surface area (Å²) in [5, 5.41) is 3.45. The van der Waals surface area contributed by atoms with Gasteiger partial charge in [0.15, 0.2) is 11.3 Å². The maximum absolute atomic E-state index is 12.2. The van der Waals surface area contributed by atoms with Gasteiger partial charge in [0.05, 0.1) is 34.4 Å². The van der Waals surface area contributed by atoms with E-state index < -0.39 is 6.09 Å². The number of furan rings is 1. The normalized spacial score (nSPS) is 10.7. The summed E-state index contributed by atoms with van der Waals surface area (Å²) in [5.41, 5.74) is 0.618. The van der Waals surface area contributed by atoms with Crippen molar-refractivity contribution in [2.75, 3.05) is 12.4 Å². The molecule has 3 aromatic rings. The highest BCUT2D eigenvalue weighted by molar-refractivity contribution is 6.39. The van der Waals surface area contributed by atoms with Gasteiger partial charge in [-0.05, 0) is 6.07 Å². The number of nitrogens with zero attached hydrogens (tertiary/aromatic N) is 2. The fourth-order valence-electron chi connectivity index (χ4n) is 2.19. The van der Waals surface area contributed by atoms with Crippen molar-refractivity contribution < 1.29 is 18.7 Å². The topological polar surface area (TPSA) is 86.5 Å². The molecule has 0 aliphatic heterocycles. The molecule has 1 amide bonds. The van der Waals surface area contributed by atoms with E-state index in [9.17, 15) is 4.79 Å². The minimum Gasteiger partial charge on any atom is -0.478 e. The van der Waals surface area contributed by atoms with Crippen molar-refractivity contribution in [3.8, 4) is 11.6 Å². The van der Waals surface area contributed by atoms with E-state index in [0.717, 1.165) is 0 Å². The van der Waals surface area contributed by atoms with Crippen molar-refractivity contribution in [2.24, 2.45) is 0 Å². The summed E-state index contributed by atoms with van der Waals surface area (Å²) >= 11 is 11.9. The first-order chi connectivity index (χ1) is 12.0. The van der Waals surface area contributed by atoms with E-state index >= 15 is 0 Å². The van der Waals surface area contributed by atoms with Gasteiger partial charge in [0.1, 0.15) is 5.76 Å². The summed E-state index contributed by atoms with van der Waals surface area (Å²) in [6.07, 6.45) is 4.00. The van der Waals surface area contributed by atoms with Gasteiger partial charge in [-0.2, -0.15) is 0 Å². The molecule has 3 rings (SSSR count). The molecule has 0 spiro atoms. The first kappa shape index (κ1) is 17.3. The van der Waals surface area contributed by atoms with Crippen LogP contribution in [0.4, 0.5) is 10.5 Å². The quantitative estimate of drug-likeness (QED) is 0.703. The van der Waals surface area contributed by atoms with Crippen molar-refractivity contribution >= 4 is 46.0 Å². The summed E-state index contributed by atoms with van der Waals surface area (Å²) in [5.74, 6) is 1.24. The molecule has 0 unspecified atom stereocenters. The van der Waals surface area contributed by atoms with Crippen molar-refractivity contribution in [1.29, 1.82) is 0 Å². The number of nitrogens with one attached hydrogen (secondary N) is 1. The molecule has 0 aliphatic rings. The molecule has 0 aliphatic carbocycles. The van der Waals surface area contributed by atoms with E-state index in [-0.39, 0.29) is 21.5 Å². The Kier molecular flexibility index (Phi) is 4.96. The molecule has 0 fully saturated rings. The lowest BCUT2D eigenvalue weighted by atomic mass is 10.2. The lowest BCUT2D eigenvalue weighted by molar-refractivity contribution is 0.215. The van der Waals surface area contributed by atoms with Crippen molar-refractivity contribution in [2.45, 2.75) is 13.3 Å². The zero-order chi connectivity index (χ0) is 18.0. The van der Waals surface area contributed by atoms with E-state index in [2.05, 4.69) is 15.3 Å². The van der Waals surface area contributed by atoms with Gasteiger partial charge in [0, 0.05) is 18.8 Å². The second-order valence-electron chi connectivity index (χ2n) is 4.93. The second kappa shape index (κ2) is 7.16. The number of aromatic nitrogens is 2. The Hall–Kier alpha value is -2.51. The van der Waals surface area contributed by atoms with Gasteiger partial charge in [-0.25, -0.2) is 9.78 Å². The number of anilines is 1. The molecular formula is C16H13Cl2N3O4. The monoisotopic (exact) mass is 381 g/mol. The van der Waals surface area contributed by atoms with Gasteiger partial charge in [-0.3, -0.25) is 10.3 Å². The van der Waals surface area contributed by atoms with Crippen LogP contribution in [0.2, 0.25) is 10.0 Å². The highest BCUT2D eigenvalue weighted by Gasteiger charge is 2.18. The third kappa shape index (κ3) is 3.47. The van der Waals surface area contributed by atoms with Crippen molar-refractivity contribution in [3.63, 3.8) is 0 Å². The number of halogens is 2. The predicted molar refractivity (Wildman–Crippen MR) is 93.8 cm³/mol. The largest absolute Gasteiger partial charge is 0.478 e. The average molecular weight is 382 g/mol. The maximum atomic E-state index is 12.2. The number of amides is 1. The van der Waals surface area contributed by atoms with Crippen LogP contribution in [0.5, 0.6) is 11.6 Å². The number of hydrogen-bond donors (Lipinski definition) is 1. The van der Waals surface area contributed by atoms with Crippen LogP contribution in [-0.4, -0.2) is 23.2 Å². The van der Waals surface area contributed by atoms with Gasteiger partial charge in [0.2, 0.25) is 0 Å². The van der Waals surface area contributed by atoms with Crippen LogP contribution in [0, 0.1) is 0 Å². The Labute approximate surface area is 152 Å². The summed E-state index contributed by atoms with van der Waals surface area (Å²) in [7, 11) is 1.48. The summed E-state index contributed by atoms with van der Waals surface area (Å²) in [4.78, 5) is 20.1. The second-order valence-corrected chi connectivity index (χ2v) is 5.75. The van der Waals surface area contributed by atoms with E-state index in [1.165, 1.54) is 25.7 Å². The number of hydrogen-bond acceptors (Lipinski definition) is 6. The lowest BCUT2D eigenvalue weighted by Gasteiger charge is -2.10. The molecule has 130 valence electrons. The Morgan fingerprint density at radius 2 is 2.00 bits per heavy atom. The van der Waals surface area contributed by atoms with E-state index in [1.54, 1.807) is 6.07 Å². The summed E-state index contributed by atoms with van der Waals surface area (Å²) < 4.78 is 16.2. The molecule has 0 bridgehead atoms. The van der Waals surface area contributed by atoms with Crippen LogP contribution in [0.15, 0.2) is 29.1 Å². The number of rotatable bonds is 4. The molecule has 25 heavy (non-hydrogen) atoms. The van der Waals surface area contributed by atoms with Gasteiger partial charge in [0.25, 0.3) is 5.88 Å². The Bertz CT molecular complexity index is 922. The Balaban J connectivity index is 1.90. The SMILES string of the molecule is CCc1cc2c(OC(=O)Nc3c(Cl)cncc3Cl)cnc(OC)c2o1. The van der Waals surface area contributed by atoms with Gasteiger partial charge < -0.3 is 13.9 Å². The Morgan fingerprint density at radius 3 is 2.64 bits per heavy atom. The molecule has 9 heteroatoms. The number of pyridine rings is 2. The number of carbonyl (C=O) groups excluding carboxylic acids is 1. The van der Waals surface area contributed by atoms with E-state index in [4.69, 9.17) is 37.1 Å². The smallest absolute Gasteiger partial charge is 0.417 e. The van der Waals surface area contributed by atoms with Crippen LogP contribution in [0.3, 0.4) is 0 Å². The first-order valence-corrected chi connectivity index (χ1v) is 8.02. The molecule has 0 saturated carbocycles. The number of carbonyl (C=O) groups is 1. The lowest BCUT2D eigenvalue weighted by Crippen LogP contribution is -2.17. The molecule has 1 N–H and O–H groups in total. The molecule has 0 radical (unpaired) electrons. The van der Waals surface area contributed by atoms with Crippen molar-refractivity contribution in [1.82, 2.24) is 9.97 Å². The molecule has 0 saturated heterocycles. The summed E-state index contributed by atoms with van der Waals surface area (Å²) in [6.45, 7) is 1.94. The molecule has 0 atom stereocenters. The van der Waals surface area contributed by atoms with Gasteiger partial charge in [-0.1, -0.05) is 30.1 Å². The number of methoxy groups -OCH3 is 1. The van der Waals surface area contributed by atoms with Gasteiger partial charge >= 0.3 is 6.09 Å². The van der Waals surface area contributed by atoms with Crippen LogP contribution < -0.4 is 14.8 Å². The molecule has 3 heterocycles. The van der Waals surface area contributed by atoms with Crippen molar-refractivity contribution in [3.05, 3.63) is 40.5 Å². The fourth-order valence-corrected chi connectivity index (χ4v) is 2.65. The van der Waals surface area contributed by atoms with E-state index in [0.29, 0.717) is 29.0 Å². The highest BCUT2D eigenvalue weighted by atomic mass is 35.5. The van der Waals surface area contributed by atoms with Crippen LogP contribution in [0.1, 0.15) is 12.7 Å². The minimum atomic E-state index is -0.775. The Morgan fingerprint density at radius 1 is 1.28 bits per heavy atom. The standard InChI is InChI=1S/C16H13Cl2N3O4/c1-3-8-4-9-12(7-20-15(23-2)14(9)24-8)25-16(22)21-13-10(17)5-19-6-11(13)18/h4-7H,3H2,1-2H3,(H,19,21,22). The highest BCUT2D eigenvalue weighted by Crippen LogP contribution is 2.34. The molecule has 0 aromatic carbocycles. The molecule has 3 aromatic heterocycles. The van der Waals surface area contributed by atoms with Gasteiger partial charge in [-0.15, -0.1) is 0 Å². The van der Waals surface area contributed by atoms with E-state index in [1.807, 2.05) is 6.92 Å². The zero-order valence-corrected chi connectivity index (χ0v) is 14.8. The maximum Gasteiger partial charge on any atom is 0.417 e. The fraction of sp³-hybridized carbons (Fsp3) is 0.188. The first-order valence-electron chi connectivity index (χ1n) is 7.26. The predicted octanol–water partition coefficient (Wildman–Crippen LogP) is 4.71.